The van der Waals surface area contributed by atoms with Crippen molar-refractivity contribution in [3.63, 3.8) is 0 Å². The number of hydrogen-bond acceptors (Lipinski definition) is 4. The summed E-state index contributed by atoms with van der Waals surface area (Å²) < 4.78 is 11.6. The van der Waals surface area contributed by atoms with Gasteiger partial charge in [0.25, 0.3) is 5.91 Å². The van der Waals surface area contributed by atoms with Gasteiger partial charge in [-0.3, -0.25) is 4.79 Å². The molecule has 0 radical (unpaired) electrons. The Morgan fingerprint density at radius 1 is 1.28 bits per heavy atom. The number of carbonyl (C=O) groups excluding carboxylic acids is 1. The molecule has 0 saturated carbocycles. The first-order valence-electron chi connectivity index (χ1n) is 7.25. The number of hydrazone groups is 1. The van der Waals surface area contributed by atoms with Gasteiger partial charge in [-0.1, -0.05) is 23.2 Å². The van der Waals surface area contributed by atoms with Crippen molar-refractivity contribution in [1.29, 1.82) is 0 Å². The van der Waals surface area contributed by atoms with Crippen LogP contribution in [0.5, 0.6) is 11.5 Å². The lowest BCUT2D eigenvalue weighted by molar-refractivity contribution is 0.0955. The largest absolute Gasteiger partial charge is 0.493 e. The quantitative estimate of drug-likeness (QED) is 0.506. The van der Waals surface area contributed by atoms with E-state index >= 15 is 0 Å². The first-order chi connectivity index (χ1) is 12.0. The molecule has 0 saturated heterocycles. The third-order valence-electron chi connectivity index (χ3n) is 3.10. The molecule has 0 atom stereocenters. The van der Waals surface area contributed by atoms with Crippen molar-refractivity contribution < 1.29 is 14.3 Å². The Kier molecular flexibility index (Phi) is 7.11. The van der Waals surface area contributed by atoms with Gasteiger partial charge in [-0.25, -0.2) is 5.43 Å². The average molecular weight is 446 g/mol. The number of amides is 1. The summed E-state index contributed by atoms with van der Waals surface area (Å²) in [7, 11) is 1.55. The third-order valence-corrected chi connectivity index (χ3v) is 4.43. The number of hydrogen-bond donors (Lipinski definition) is 1. The summed E-state index contributed by atoms with van der Waals surface area (Å²) in [6.45, 7) is 2.40. The molecule has 1 N–H and O–H groups in total. The Morgan fingerprint density at radius 3 is 2.68 bits per heavy atom. The van der Waals surface area contributed by atoms with Gasteiger partial charge in [0.15, 0.2) is 11.5 Å². The minimum absolute atomic E-state index is 0.304. The molecule has 0 aliphatic heterocycles. The maximum atomic E-state index is 12.0. The highest BCUT2D eigenvalue weighted by molar-refractivity contribution is 9.10. The van der Waals surface area contributed by atoms with Crippen molar-refractivity contribution in [3.8, 4) is 11.5 Å². The number of nitrogens with one attached hydrogen (secondary N) is 1. The van der Waals surface area contributed by atoms with Gasteiger partial charge in [-0.05, 0) is 58.7 Å². The van der Waals surface area contributed by atoms with Crippen molar-refractivity contribution in [3.05, 3.63) is 56.0 Å². The van der Waals surface area contributed by atoms with Gasteiger partial charge >= 0.3 is 0 Å². The number of carbonyl (C=O) groups is 1. The molecule has 0 spiro atoms. The first-order valence-corrected chi connectivity index (χ1v) is 8.80. The molecule has 0 aliphatic rings. The molecule has 0 bridgehead atoms. The Hall–Kier alpha value is -1.76. The molecular weight excluding hydrogens is 431 g/mol. The van der Waals surface area contributed by atoms with Crippen LogP contribution in [0.4, 0.5) is 0 Å². The fraction of sp³-hybridized carbons (Fsp3) is 0.176. The zero-order valence-corrected chi connectivity index (χ0v) is 16.6. The van der Waals surface area contributed by atoms with E-state index in [2.05, 4.69) is 26.5 Å². The highest BCUT2D eigenvalue weighted by atomic mass is 79.9. The third kappa shape index (κ3) is 5.11. The van der Waals surface area contributed by atoms with Crippen molar-refractivity contribution >= 4 is 51.3 Å². The van der Waals surface area contributed by atoms with Crippen LogP contribution in [0.25, 0.3) is 0 Å². The fourth-order valence-corrected chi connectivity index (χ4v) is 2.84. The number of benzene rings is 2. The highest BCUT2D eigenvalue weighted by Gasteiger charge is 2.11. The molecule has 2 rings (SSSR count). The summed E-state index contributed by atoms with van der Waals surface area (Å²) in [5.41, 5.74) is 3.51. The lowest BCUT2D eigenvalue weighted by Gasteiger charge is -2.11. The van der Waals surface area contributed by atoms with Crippen LogP contribution in [0.2, 0.25) is 10.0 Å². The minimum Gasteiger partial charge on any atom is -0.493 e. The maximum Gasteiger partial charge on any atom is 0.271 e. The van der Waals surface area contributed by atoms with Crippen molar-refractivity contribution in [2.24, 2.45) is 5.10 Å². The summed E-state index contributed by atoms with van der Waals surface area (Å²) in [4.78, 5) is 12.0. The maximum absolute atomic E-state index is 12.0. The van der Waals surface area contributed by atoms with E-state index in [4.69, 9.17) is 32.7 Å². The van der Waals surface area contributed by atoms with E-state index in [0.717, 1.165) is 10.0 Å². The average Bonchev–Trinajstić information content (AvgIpc) is 2.59. The number of nitrogens with zero attached hydrogens (tertiary/aromatic N) is 1. The van der Waals surface area contributed by atoms with Crippen molar-refractivity contribution in [2.45, 2.75) is 6.92 Å². The van der Waals surface area contributed by atoms with Crippen LogP contribution in [-0.2, 0) is 0 Å². The topological polar surface area (TPSA) is 59.9 Å². The smallest absolute Gasteiger partial charge is 0.271 e. The number of ether oxygens (including phenoxy) is 2. The summed E-state index contributed by atoms with van der Waals surface area (Å²) in [5.74, 6) is 0.780. The van der Waals surface area contributed by atoms with Crippen LogP contribution < -0.4 is 14.9 Å². The first kappa shape index (κ1) is 19.6. The van der Waals surface area contributed by atoms with E-state index < -0.39 is 5.91 Å². The van der Waals surface area contributed by atoms with Crippen LogP contribution in [0.1, 0.15) is 22.8 Å². The second-order valence-electron chi connectivity index (χ2n) is 4.80. The molecule has 2 aromatic carbocycles. The molecule has 0 aliphatic carbocycles. The van der Waals surface area contributed by atoms with E-state index in [1.807, 2.05) is 13.0 Å². The van der Waals surface area contributed by atoms with Gasteiger partial charge in [-0.15, -0.1) is 0 Å². The summed E-state index contributed by atoms with van der Waals surface area (Å²) in [5, 5.41) is 4.63. The zero-order valence-electron chi connectivity index (χ0n) is 13.5. The summed E-state index contributed by atoms with van der Waals surface area (Å²) in [6, 6.07) is 8.16. The molecule has 0 fully saturated rings. The molecular formula is C17H15BrCl2N2O3. The van der Waals surface area contributed by atoms with Gasteiger partial charge in [0.05, 0.1) is 34.4 Å². The van der Waals surface area contributed by atoms with E-state index in [9.17, 15) is 4.79 Å². The Morgan fingerprint density at radius 2 is 2.04 bits per heavy atom. The highest BCUT2D eigenvalue weighted by Crippen LogP contribution is 2.36. The summed E-state index contributed by atoms with van der Waals surface area (Å²) in [6.07, 6.45) is 1.50. The van der Waals surface area contributed by atoms with Gasteiger partial charge in [0.1, 0.15) is 0 Å². The van der Waals surface area contributed by atoms with E-state index in [1.165, 1.54) is 12.3 Å². The normalized spacial score (nSPS) is 10.8. The van der Waals surface area contributed by atoms with E-state index in [0.29, 0.717) is 33.7 Å². The summed E-state index contributed by atoms with van der Waals surface area (Å²) >= 11 is 15.2. The number of methoxy groups -OCH3 is 1. The van der Waals surface area contributed by atoms with Crippen LogP contribution in [-0.4, -0.2) is 25.8 Å². The zero-order chi connectivity index (χ0) is 18.4. The van der Waals surface area contributed by atoms with Crippen LogP contribution in [0.15, 0.2) is 39.9 Å². The van der Waals surface area contributed by atoms with Crippen LogP contribution in [0, 0.1) is 0 Å². The van der Waals surface area contributed by atoms with Crippen molar-refractivity contribution in [2.75, 3.05) is 13.7 Å². The number of halogens is 3. The monoisotopic (exact) mass is 444 g/mol. The Labute approximate surface area is 164 Å². The molecule has 5 nitrogen and oxygen atoms in total. The van der Waals surface area contributed by atoms with Gasteiger partial charge in [0.2, 0.25) is 0 Å². The van der Waals surface area contributed by atoms with Crippen LogP contribution in [0.3, 0.4) is 0 Å². The predicted octanol–water partition coefficient (Wildman–Crippen LogP) is 4.93. The lowest BCUT2D eigenvalue weighted by atomic mass is 10.2. The lowest BCUT2D eigenvalue weighted by Crippen LogP contribution is -2.17. The molecule has 132 valence electrons. The molecule has 0 unspecified atom stereocenters. The minimum atomic E-state index is -0.396. The predicted molar refractivity (Wildman–Crippen MR) is 103 cm³/mol. The molecule has 0 heterocycles. The molecule has 8 heteroatoms. The molecule has 1 amide bonds. The van der Waals surface area contributed by atoms with Crippen molar-refractivity contribution in [1.82, 2.24) is 5.43 Å². The SMILES string of the molecule is CCOc1c(Br)cc(/C=N\NC(=O)c2ccc(Cl)c(Cl)c2)cc1OC. The van der Waals surface area contributed by atoms with Crippen LogP contribution >= 0.6 is 39.1 Å². The van der Waals surface area contributed by atoms with Gasteiger partial charge in [0, 0.05) is 5.56 Å². The second-order valence-corrected chi connectivity index (χ2v) is 6.46. The molecule has 0 aromatic heterocycles. The Balaban J connectivity index is 2.12. The standard InChI is InChI=1S/C17H15BrCl2N2O3/c1-3-25-16-12(18)6-10(7-15(16)24-2)9-21-22-17(23)11-4-5-13(19)14(20)8-11/h4-9H,3H2,1-2H3,(H,22,23)/b21-9-. The second kappa shape index (κ2) is 9.08. The van der Waals surface area contributed by atoms with E-state index in [1.54, 1.807) is 25.3 Å². The Bertz CT molecular complexity index is 813. The number of rotatable bonds is 6. The van der Waals surface area contributed by atoms with E-state index in [-0.39, 0.29) is 0 Å². The van der Waals surface area contributed by atoms with Gasteiger partial charge < -0.3 is 9.47 Å². The fourth-order valence-electron chi connectivity index (χ4n) is 1.97. The van der Waals surface area contributed by atoms with Gasteiger partial charge in [-0.2, -0.15) is 5.10 Å². The molecule has 2 aromatic rings. The molecule has 25 heavy (non-hydrogen) atoms.